The topological polar surface area (TPSA) is 57.3 Å². The highest BCUT2D eigenvalue weighted by molar-refractivity contribution is 5.96. The largest absolute Gasteiger partial charge is 0.376 e. The van der Waals surface area contributed by atoms with Gasteiger partial charge in [-0.25, -0.2) is 0 Å². The number of rotatable bonds is 3. The lowest BCUT2D eigenvalue weighted by molar-refractivity contribution is -0.120. The zero-order chi connectivity index (χ0) is 13.1. The zero-order valence-electron chi connectivity index (χ0n) is 11.1. The second kappa shape index (κ2) is 5.35. The lowest BCUT2D eigenvalue weighted by atomic mass is 9.97. The van der Waals surface area contributed by atoms with Crippen molar-refractivity contribution in [3.8, 4) is 0 Å². The number of nitrogens with one attached hydrogen (secondary N) is 2. The number of hydrogen-bond acceptors (Lipinski definition) is 4. The molecule has 1 aliphatic rings. The van der Waals surface area contributed by atoms with Crippen LogP contribution >= 0.6 is 0 Å². The molecule has 0 spiro atoms. The number of amides is 1. The number of carbonyl (C=O) groups is 1. The second-order valence-electron chi connectivity index (χ2n) is 5.02. The van der Waals surface area contributed by atoms with E-state index in [1.165, 1.54) is 0 Å². The van der Waals surface area contributed by atoms with Crippen LogP contribution < -0.4 is 15.5 Å². The van der Waals surface area contributed by atoms with Crippen molar-refractivity contribution >= 4 is 17.3 Å². The van der Waals surface area contributed by atoms with Crippen molar-refractivity contribution < 1.29 is 4.79 Å². The number of pyridine rings is 1. The van der Waals surface area contributed by atoms with E-state index in [-0.39, 0.29) is 11.8 Å². The molecule has 2 rings (SSSR count). The first kappa shape index (κ1) is 12.8. The van der Waals surface area contributed by atoms with Crippen molar-refractivity contribution in [2.75, 3.05) is 37.4 Å². The predicted octanol–water partition coefficient (Wildman–Crippen LogP) is 0.942. The molecule has 5 heteroatoms. The SMILES string of the molecule is CC1CNCC1C(=O)Nc1cnccc1N(C)C. The van der Waals surface area contributed by atoms with Crippen molar-refractivity contribution in [2.24, 2.45) is 11.8 Å². The monoisotopic (exact) mass is 248 g/mol. The minimum Gasteiger partial charge on any atom is -0.376 e. The molecule has 5 nitrogen and oxygen atoms in total. The molecule has 18 heavy (non-hydrogen) atoms. The van der Waals surface area contributed by atoms with Crippen LogP contribution in [-0.2, 0) is 4.79 Å². The number of hydrogen-bond donors (Lipinski definition) is 2. The molecule has 0 aromatic carbocycles. The maximum absolute atomic E-state index is 12.2. The van der Waals surface area contributed by atoms with Gasteiger partial charge in [0.2, 0.25) is 5.91 Å². The summed E-state index contributed by atoms with van der Waals surface area (Å²) in [4.78, 5) is 18.2. The average molecular weight is 248 g/mol. The summed E-state index contributed by atoms with van der Waals surface area (Å²) in [5.41, 5.74) is 1.74. The van der Waals surface area contributed by atoms with Gasteiger partial charge >= 0.3 is 0 Å². The molecule has 98 valence electrons. The third kappa shape index (κ3) is 2.61. The van der Waals surface area contributed by atoms with E-state index in [1.54, 1.807) is 12.4 Å². The highest BCUT2D eigenvalue weighted by atomic mass is 16.2. The van der Waals surface area contributed by atoms with Gasteiger partial charge in [-0.05, 0) is 18.5 Å². The summed E-state index contributed by atoms with van der Waals surface area (Å²) in [6, 6.07) is 1.89. The van der Waals surface area contributed by atoms with E-state index < -0.39 is 0 Å². The van der Waals surface area contributed by atoms with Gasteiger partial charge in [0.05, 0.1) is 23.5 Å². The Hall–Kier alpha value is -1.62. The highest BCUT2D eigenvalue weighted by Crippen LogP contribution is 2.24. The van der Waals surface area contributed by atoms with Gasteiger partial charge < -0.3 is 15.5 Å². The lowest BCUT2D eigenvalue weighted by Gasteiger charge is -2.19. The molecule has 1 aliphatic heterocycles. The summed E-state index contributed by atoms with van der Waals surface area (Å²) >= 11 is 0. The van der Waals surface area contributed by atoms with E-state index in [1.807, 2.05) is 25.1 Å². The van der Waals surface area contributed by atoms with Crippen molar-refractivity contribution in [1.29, 1.82) is 0 Å². The molecule has 0 radical (unpaired) electrons. The molecule has 2 N–H and O–H groups in total. The lowest BCUT2D eigenvalue weighted by Crippen LogP contribution is -2.28. The van der Waals surface area contributed by atoms with Gasteiger partial charge in [-0.1, -0.05) is 6.92 Å². The molecule has 2 unspecified atom stereocenters. The number of nitrogens with zero attached hydrogens (tertiary/aromatic N) is 2. The molecular formula is C13H20N4O. The summed E-state index contributed by atoms with van der Waals surface area (Å²) in [5.74, 6) is 0.494. The van der Waals surface area contributed by atoms with Gasteiger partial charge in [0, 0.05) is 26.8 Å². The van der Waals surface area contributed by atoms with Crippen LogP contribution in [-0.4, -0.2) is 38.1 Å². The van der Waals surface area contributed by atoms with Gasteiger partial charge in [0.15, 0.2) is 0 Å². The minimum atomic E-state index is 0.0419. The van der Waals surface area contributed by atoms with Crippen LogP contribution in [0.1, 0.15) is 6.92 Å². The van der Waals surface area contributed by atoms with Crippen molar-refractivity contribution in [3.63, 3.8) is 0 Å². The van der Waals surface area contributed by atoms with E-state index in [9.17, 15) is 4.79 Å². The van der Waals surface area contributed by atoms with E-state index >= 15 is 0 Å². The Kier molecular flexibility index (Phi) is 3.81. The smallest absolute Gasteiger partial charge is 0.229 e. The fourth-order valence-corrected chi connectivity index (χ4v) is 2.26. The minimum absolute atomic E-state index is 0.0419. The Bertz CT molecular complexity index is 433. The Balaban J connectivity index is 2.11. The van der Waals surface area contributed by atoms with Crippen molar-refractivity contribution in [3.05, 3.63) is 18.5 Å². The average Bonchev–Trinajstić information content (AvgIpc) is 2.76. The fourth-order valence-electron chi connectivity index (χ4n) is 2.26. The van der Waals surface area contributed by atoms with Crippen LogP contribution in [0.4, 0.5) is 11.4 Å². The normalized spacial score (nSPS) is 22.8. The standard InChI is InChI=1S/C13H20N4O/c1-9-6-15-7-10(9)13(18)16-11-8-14-5-4-12(11)17(2)3/h4-5,8-10,15H,6-7H2,1-3H3,(H,16,18). The van der Waals surface area contributed by atoms with Gasteiger partial charge in [0.25, 0.3) is 0 Å². The van der Waals surface area contributed by atoms with E-state index in [2.05, 4.69) is 22.5 Å². The van der Waals surface area contributed by atoms with Crippen LogP contribution in [0.15, 0.2) is 18.5 Å². The van der Waals surface area contributed by atoms with Gasteiger partial charge in [-0.3, -0.25) is 9.78 Å². The number of carbonyl (C=O) groups excluding carboxylic acids is 1. The predicted molar refractivity (Wildman–Crippen MR) is 72.7 cm³/mol. The molecule has 0 saturated carbocycles. The van der Waals surface area contributed by atoms with Gasteiger partial charge in [-0.15, -0.1) is 0 Å². The highest BCUT2D eigenvalue weighted by Gasteiger charge is 2.29. The molecule has 1 aromatic heterocycles. The summed E-state index contributed by atoms with van der Waals surface area (Å²) < 4.78 is 0. The molecule has 1 amide bonds. The number of aromatic nitrogens is 1. The van der Waals surface area contributed by atoms with Crippen LogP contribution in [0.3, 0.4) is 0 Å². The van der Waals surface area contributed by atoms with Crippen molar-refractivity contribution in [2.45, 2.75) is 6.92 Å². The van der Waals surface area contributed by atoms with Crippen LogP contribution in [0.2, 0.25) is 0 Å². The van der Waals surface area contributed by atoms with Gasteiger partial charge in [0.1, 0.15) is 0 Å². The van der Waals surface area contributed by atoms with E-state index in [0.717, 1.165) is 24.5 Å². The number of anilines is 2. The molecular weight excluding hydrogens is 228 g/mol. The van der Waals surface area contributed by atoms with Crippen LogP contribution in [0.25, 0.3) is 0 Å². The second-order valence-corrected chi connectivity index (χ2v) is 5.02. The first-order chi connectivity index (χ1) is 8.59. The first-order valence-electron chi connectivity index (χ1n) is 6.22. The quantitative estimate of drug-likeness (QED) is 0.836. The maximum Gasteiger partial charge on any atom is 0.229 e. The molecule has 1 aromatic rings. The summed E-state index contributed by atoms with van der Waals surface area (Å²) in [6.45, 7) is 3.76. The molecule has 2 atom stereocenters. The van der Waals surface area contributed by atoms with Crippen LogP contribution in [0, 0.1) is 11.8 Å². The van der Waals surface area contributed by atoms with E-state index in [0.29, 0.717) is 5.92 Å². The van der Waals surface area contributed by atoms with Crippen LogP contribution in [0.5, 0.6) is 0 Å². The Morgan fingerprint density at radius 1 is 1.50 bits per heavy atom. The molecule has 2 heterocycles. The first-order valence-corrected chi connectivity index (χ1v) is 6.22. The fraction of sp³-hybridized carbons (Fsp3) is 0.538. The third-order valence-corrected chi connectivity index (χ3v) is 3.39. The molecule has 1 saturated heterocycles. The Morgan fingerprint density at radius 2 is 2.28 bits per heavy atom. The maximum atomic E-state index is 12.2. The zero-order valence-corrected chi connectivity index (χ0v) is 11.1. The Labute approximate surface area is 108 Å². The van der Waals surface area contributed by atoms with E-state index in [4.69, 9.17) is 0 Å². The Morgan fingerprint density at radius 3 is 2.89 bits per heavy atom. The third-order valence-electron chi connectivity index (χ3n) is 3.39. The summed E-state index contributed by atoms with van der Waals surface area (Å²) in [7, 11) is 3.90. The molecule has 1 fully saturated rings. The molecule has 0 aliphatic carbocycles. The summed E-state index contributed by atoms with van der Waals surface area (Å²) in [6.07, 6.45) is 3.42. The van der Waals surface area contributed by atoms with Gasteiger partial charge in [-0.2, -0.15) is 0 Å². The molecule has 0 bridgehead atoms. The van der Waals surface area contributed by atoms with Crippen molar-refractivity contribution in [1.82, 2.24) is 10.3 Å². The summed E-state index contributed by atoms with van der Waals surface area (Å²) in [5, 5.41) is 6.22.